The third kappa shape index (κ3) is 4.11. The highest BCUT2D eigenvalue weighted by Gasteiger charge is 2.40. The summed E-state index contributed by atoms with van der Waals surface area (Å²) >= 11 is 0. The lowest BCUT2D eigenvalue weighted by atomic mass is 9.98. The molecule has 5 nitrogen and oxygen atoms in total. The molecule has 3 saturated heterocycles. The molecule has 1 amide bonds. The summed E-state index contributed by atoms with van der Waals surface area (Å²) in [6, 6.07) is 11.6. The highest BCUT2D eigenvalue weighted by Crippen LogP contribution is 2.30. The van der Waals surface area contributed by atoms with Crippen LogP contribution in [0.2, 0.25) is 0 Å². The number of rotatable bonds is 4. The minimum Gasteiger partial charge on any atom is -0.379 e. The van der Waals surface area contributed by atoms with E-state index in [1.54, 1.807) is 0 Å². The zero-order valence-corrected chi connectivity index (χ0v) is 15.8. The first-order valence-corrected chi connectivity index (χ1v) is 10.1. The summed E-state index contributed by atoms with van der Waals surface area (Å²) in [7, 11) is 0. The lowest BCUT2D eigenvalue weighted by Crippen LogP contribution is -2.59. The van der Waals surface area contributed by atoms with Gasteiger partial charge in [0.15, 0.2) is 0 Å². The van der Waals surface area contributed by atoms with Crippen molar-refractivity contribution in [3.8, 4) is 0 Å². The van der Waals surface area contributed by atoms with Crippen LogP contribution in [0.15, 0.2) is 30.3 Å². The molecule has 0 bridgehead atoms. The number of hydrogen-bond acceptors (Lipinski definition) is 4. The minimum atomic E-state index is 0.169. The fourth-order valence-electron chi connectivity index (χ4n) is 4.95. The first-order chi connectivity index (χ1) is 12.7. The Labute approximate surface area is 156 Å². The topological polar surface area (TPSA) is 44.8 Å². The molecule has 0 saturated carbocycles. The number of benzene rings is 1. The van der Waals surface area contributed by atoms with E-state index in [0.717, 1.165) is 45.7 Å². The van der Waals surface area contributed by atoms with E-state index in [2.05, 4.69) is 52.4 Å². The lowest BCUT2D eigenvalue weighted by Gasteiger charge is -2.43. The van der Waals surface area contributed by atoms with E-state index in [-0.39, 0.29) is 12.1 Å². The molecule has 3 aliphatic heterocycles. The van der Waals surface area contributed by atoms with Gasteiger partial charge < -0.3 is 10.1 Å². The van der Waals surface area contributed by atoms with Gasteiger partial charge in [-0.05, 0) is 30.7 Å². The van der Waals surface area contributed by atoms with Crippen molar-refractivity contribution in [1.29, 1.82) is 0 Å². The molecule has 142 valence electrons. The number of carbonyl (C=O) groups is 1. The van der Waals surface area contributed by atoms with Crippen LogP contribution in [0.3, 0.4) is 0 Å². The molecule has 0 radical (unpaired) electrons. The van der Waals surface area contributed by atoms with Crippen LogP contribution in [0, 0.1) is 5.92 Å². The Bertz CT molecular complexity index is 603. The molecule has 5 heteroatoms. The van der Waals surface area contributed by atoms with E-state index < -0.39 is 0 Å². The molecule has 3 unspecified atom stereocenters. The maximum Gasteiger partial charge on any atom is 0.222 e. The maximum absolute atomic E-state index is 12.4. The molecule has 0 spiro atoms. The van der Waals surface area contributed by atoms with Crippen LogP contribution in [0.25, 0.3) is 0 Å². The van der Waals surface area contributed by atoms with Gasteiger partial charge in [-0.3, -0.25) is 14.6 Å². The summed E-state index contributed by atoms with van der Waals surface area (Å²) < 4.78 is 5.49. The second-order valence-corrected chi connectivity index (χ2v) is 8.21. The van der Waals surface area contributed by atoms with Crippen molar-refractivity contribution >= 4 is 5.91 Å². The summed E-state index contributed by atoms with van der Waals surface area (Å²) in [4.78, 5) is 17.5. The molecule has 0 aliphatic carbocycles. The summed E-state index contributed by atoms with van der Waals surface area (Å²) in [6.45, 7) is 6.91. The SMILES string of the molecule is CC1C[C@H](Cc2ccccc2)N(C2CC(N3CCOCC3)CC(=O)N2)C1. The summed E-state index contributed by atoms with van der Waals surface area (Å²) in [5.74, 6) is 0.889. The molecular formula is C21H31N3O2. The second-order valence-electron chi connectivity index (χ2n) is 8.21. The zero-order chi connectivity index (χ0) is 17.9. The number of carbonyl (C=O) groups excluding carboxylic acids is 1. The lowest BCUT2D eigenvalue weighted by molar-refractivity contribution is -0.129. The Kier molecular flexibility index (Phi) is 5.57. The van der Waals surface area contributed by atoms with Crippen LogP contribution in [0.1, 0.15) is 31.7 Å². The van der Waals surface area contributed by atoms with Gasteiger partial charge in [0, 0.05) is 38.1 Å². The second kappa shape index (κ2) is 8.07. The Balaban J connectivity index is 1.45. The fourth-order valence-corrected chi connectivity index (χ4v) is 4.95. The highest BCUT2D eigenvalue weighted by molar-refractivity contribution is 5.77. The van der Waals surface area contributed by atoms with E-state index in [1.807, 2.05) is 0 Å². The van der Waals surface area contributed by atoms with Gasteiger partial charge in [-0.2, -0.15) is 0 Å². The number of hydrogen-bond donors (Lipinski definition) is 1. The van der Waals surface area contributed by atoms with Gasteiger partial charge in [0.25, 0.3) is 0 Å². The predicted molar refractivity (Wildman–Crippen MR) is 102 cm³/mol. The van der Waals surface area contributed by atoms with Gasteiger partial charge >= 0.3 is 0 Å². The van der Waals surface area contributed by atoms with Crippen LogP contribution in [0.4, 0.5) is 0 Å². The third-order valence-corrected chi connectivity index (χ3v) is 6.19. The molecular weight excluding hydrogens is 326 g/mol. The Hall–Kier alpha value is -1.43. The van der Waals surface area contributed by atoms with Gasteiger partial charge in [-0.25, -0.2) is 0 Å². The molecule has 1 aromatic carbocycles. The van der Waals surface area contributed by atoms with Crippen molar-refractivity contribution in [2.75, 3.05) is 32.8 Å². The van der Waals surface area contributed by atoms with Crippen LogP contribution in [-0.2, 0) is 16.0 Å². The molecule has 26 heavy (non-hydrogen) atoms. The summed E-state index contributed by atoms with van der Waals surface area (Å²) in [6.07, 6.45) is 4.11. The highest BCUT2D eigenvalue weighted by atomic mass is 16.5. The van der Waals surface area contributed by atoms with Gasteiger partial charge in [-0.15, -0.1) is 0 Å². The van der Waals surface area contributed by atoms with E-state index >= 15 is 0 Å². The third-order valence-electron chi connectivity index (χ3n) is 6.19. The number of nitrogens with zero attached hydrogens (tertiary/aromatic N) is 2. The largest absolute Gasteiger partial charge is 0.379 e. The van der Waals surface area contributed by atoms with Crippen LogP contribution < -0.4 is 5.32 Å². The van der Waals surface area contributed by atoms with Crippen molar-refractivity contribution in [2.45, 2.75) is 50.9 Å². The van der Waals surface area contributed by atoms with Crippen molar-refractivity contribution < 1.29 is 9.53 Å². The van der Waals surface area contributed by atoms with Crippen LogP contribution in [-0.4, -0.2) is 66.8 Å². The molecule has 3 heterocycles. The average molecular weight is 357 g/mol. The molecule has 3 fully saturated rings. The first-order valence-electron chi connectivity index (χ1n) is 10.1. The normalized spacial score (nSPS) is 34.0. The molecule has 4 atom stereocenters. The van der Waals surface area contributed by atoms with Gasteiger partial charge in [0.2, 0.25) is 5.91 Å². The van der Waals surface area contributed by atoms with Crippen molar-refractivity contribution in [2.24, 2.45) is 5.92 Å². The van der Waals surface area contributed by atoms with Gasteiger partial charge in [-0.1, -0.05) is 37.3 Å². The van der Waals surface area contributed by atoms with Crippen molar-refractivity contribution in [3.63, 3.8) is 0 Å². The Morgan fingerprint density at radius 1 is 1.15 bits per heavy atom. The Morgan fingerprint density at radius 3 is 2.69 bits per heavy atom. The summed E-state index contributed by atoms with van der Waals surface area (Å²) in [5.41, 5.74) is 1.39. The summed E-state index contributed by atoms with van der Waals surface area (Å²) in [5, 5.41) is 3.29. The number of piperidine rings is 1. The molecule has 4 rings (SSSR count). The van der Waals surface area contributed by atoms with Crippen LogP contribution >= 0.6 is 0 Å². The molecule has 0 aromatic heterocycles. The minimum absolute atomic E-state index is 0.169. The zero-order valence-electron chi connectivity index (χ0n) is 15.8. The van der Waals surface area contributed by atoms with Gasteiger partial charge in [0.1, 0.15) is 0 Å². The predicted octanol–water partition coefficient (Wildman–Crippen LogP) is 1.88. The quantitative estimate of drug-likeness (QED) is 0.894. The van der Waals surface area contributed by atoms with E-state index in [0.29, 0.717) is 24.4 Å². The monoisotopic (exact) mass is 357 g/mol. The average Bonchev–Trinajstić information content (AvgIpc) is 3.03. The van der Waals surface area contributed by atoms with Crippen molar-refractivity contribution in [1.82, 2.24) is 15.1 Å². The fraction of sp³-hybridized carbons (Fsp3) is 0.667. The van der Waals surface area contributed by atoms with E-state index in [9.17, 15) is 4.79 Å². The number of nitrogens with one attached hydrogen (secondary N) is 1. The first kappa shape index (κ1) is 18.0. The molecule has 1 N–H and O–H groups in total. The van der Waals surface area contributed by atoms with Crippen molar-refractivity contribution in [3.05, 3.63) is 35.9 Å². The standard InChI is InChI=1S/C21H31N3O2/c1-16-11-19(12-17-5-3-2-4-6-17)24(15-16)20-13-18(14-21(25)22-20)23-7-9-26-10-8-23/h2-6,16,18-20H,7-15H2,1H3,(H,22,25)/t16?,18?,19-,20?/m1/s1. The number of amides is 1. The molecule has 3 aliphatic rings. The molecule has 1 aromatic rings. The maximum atomic E-state index is 12.4. The van der Waals surface area contributed by atoms with E-state index in [4.69, 9.17) is 4.74 Å². The van der Waals surface area contributed by atoms with Gasteiger partial charge in [0.05, 0.1) is 19.4 Å². The smallest absolute Gasteiger partial charge is 0.222 e. The van der Waals surface area contributed by atoms with E-state index in [1.165, 1.54) is 12.0 Å². The number of likely N-dealkylation sites (tertiary alicyclic amines) is 1. The number of morpholine rings is 1. The Morgan fingerprint density at radius 2 is 1.92 bits per heavy atom. The van der Waals surface area contributed by atoms with Crippen LogP contribution in [0.5, 0.6) is 0 Å². The number of ether oxygens (including phenoxy) is 1.